The zero-order valence-corrected chi connectivity index (χ0v) is 14.1. The van der Waals surface area contributed by atoms with Crippen molar-refractivity contribution in [2.45, 2.75) is 37.0 Å². The van der Waals surface area contributed by atoms with Crippen molar-refractivity contribution in [2.24, 2.45) is 0 Å². The maximum atomic E-state index is 10.0. The summed E-state index contributed by atoms with van der Waals surface area (Å²) in [6.07, 6.45) is 4.24. The zero-order valence-electron chi connectivity index (χ0n) is 15.4. The minimum Gasteiger partial charge on any atom is -0.493 e. The summed E-state index contributed by atoms with van der Waals surface area (Å²) in [5, 5.41) is 10.0. The molecule has 0 saturated heterocycles. The molecule has 0 fully saturated rings. The molecule has 120 valence electrons. The minimum atomic E-state index is -2.13. The molecule has 1 N–H and O–H groups in total. The van der Waals surface area contributed by atoms with E-state index in [-0.39, 0.29) is 23.1 Å². The monoisotopic (exact) mass is 370 g/mol. The number of rotatable bonds is 1. The number of hydrogen-bond donors (Lipinski definition) is 1. The second-order valence-electron chi connectivity index (χ2n) is 6.11. The Morgan fingerprint density at radius 2 is 2.36 bits per heavy atom. The lowest BCUT2D eigenvalue weighted by molar-refractivity contribution is 0.0821. The molecular formula is C17H22BrNO3. The van der Waals surface area contributed by atoms with Crippen LogP contribution >= 0.6 is 17.0 Å². The van der Waals surface area contributed by atoms with Crippen molar-refractivity contribution >= 4 is 17.0 Å². The Kier molecular flexibility index (Phi) is 3.13. The normalized spacial score (nSPS) is 34.9. The van der Waals surface area contributed by atoms with Gasteiger partial charge in [0.1, 0.15) is 6.10 Å². The third kappa shape index (κ3) is 2.10. The molecule has 0 amide bonds. The fraction of sp³-hybridized carbons (Fsp3) is 0.529. The minimum absolute atomic E-state index is 0. The highest BCUT2D eigenvalue weighted by Crippen LogP contribution is 2.55. The van der Waals surface area contributed by atoms with Gasteiger partial charge in [0.05, 0.1) is 18.6 Å². The Labute approximate surface area is 145 Å². The number of benzene rings is 1. The molecule has 5 heteroatoms. The van der Waals surface area contributed by atoms with E-state index in [0.29, 0.717) is 37.4 Å². The third-order valence-electron chi connectivity index (χ3n) is 4.96. The van der Waals surface area contributed by atoms with Crippen LogP contribution in [0.15, 0.2) is 24.3 Å². The van der Waals surface area contributed by atoms with Gasteiger partial charge in [-0.1, -0.05) is 18.2 Å². The molecule has 0 aromatic heterocycles. The van der Waals surface area contributed by atoms with E-state index in [1.807, 2.05) is 24.3 Å². The number of hydrogen-bond acceptors (Lipinski definition) is 4. The van der Waals surface area contributed by atoms with E-state index in [9.17, 15) is 5.11 Å². The van der Waals surface area contributed by atoms with Gasteiger partial charge >= 0.3 is 0 Å². The van der Waals surface area contributed by atoms with Crippen molar-refractivity contribution in [3.8, 4) is 11.5 Å². The van der Waals surface area contributed by atoms with Crippen LogP contribution in [0, 0.1) is 0 Å². The molecule has 0 bridgehead atoms. The highest BCUT2D eigenvalue weighted by molar-refractivity contribution is 8.93. The van der Waals surface area contributed by atoms with Gasteiger partial charge in [-0.25, -0.2) is 0 Å². The molecule has 3 aliphatic rings. The van der Waals surface area contributed by atoms with E-state index in [2.05, 4.69) is 0 Å². The molecule has 4 rings (SSSR count). The van der Waals surface area contributed by atoms with Crippen molar-refractivity contribution < 1.29 is 18.7 Å². The van der Waals surface area contributed by atoms with Gasteiger partial charge in [-0.2, -0.15) is 0 Å². The van der Waals surface area contributed by atoms with Crippen molar-refractivity contribution in [1.82, 2.24) is 4.90 Å². The van der Waals surface area contributed by atoms with Crippen molar-refractivity contribution in [2.75, 3.05) is 20.6 Å². The van der Waals surface area contributed by atoms with E-state index >= 15 is 0 Å². The number of aliphatic hydroxyl groups excluding tert-OH is 1. The van der Waals surface area contributed by atoms with E-state index in [1.165, 1.54) is 4.90 Å². The molecule has 4 nitrogen and oxygen atoms in total. The average Bonchev–Trinajstić information content (AvgIpc) is 2.74. The second-order valence-corrected chi connectivity index (χ2v) is 6.11. The summed E-state index contributed by atoms with van der Waals surface area (Å²) in [5.74, 6) is 1.36. The van der Waals surface area contributed by atoms with Crippen LogP contribution in [0.5, 0.6) is 11.5 Å². The van der Waals surface area contributed by atoms with Gasteiger partial charge in [0, 0.05) is 22.6 Å². The summed E-state index contributed by atoms with van der Waals surface area (Å²) in [5.41, 5.74) is 1.60. The summed E-state index contributed by atoms with van der Waals surface area (Å²) in [7, 11) is 1.60. The molecule has 2 unspecified atom stereocenters. The quantitative estimate of drug-likeness (QED) is 0.770. The lowest BCUT2D eigenvalue weighted by Gasteiger charge is -2.35. The van der Waals surface area contributed by atoms with Crippen LogP contribution in [-0.2, 0) is 12.0 Å². The topological polar surface area (TPSA) is 41.9 Å². The number of nitrogens with zero attached hydrogens (tertiary/aromatic N) is 1. The van der Waals surface area contributed by atoms with E-state index in [4.69, 9.17) is 13.6 Å². The molecule has 2 heterocycles. The molecule has 1 aromatic carbocycles. The summed E-state index contributed by atoms with van der Waals surface area (Å²) in [6.45, 7) is -1.32. The van der Waals surface area contributed by atoms with Crippen molar-refractivity contribution in [1.29, 1.82) is 0 Å². The Bertz CT molecular complexity index is 709. The van der Waals surface area contributed by atoms with Gasteiger partial charge in [-0.05, 0) is 31.6 Å². The first-order valence-electron chi connectivity index (χ1n) is 8.84. The Balaban J connectivity index is 0.00000182. The first kappa shape index (κ1) is 12.4. The smallest absolute Gasteiger partial charge is 0.166 e. The van der Waals surface area contributed by atoms with Crippen LogP contribution in [-0.4, -0.2) is 42.8 Å². The number of aliphatic hydroxyl groups is 1. The lowest BCUT2D eigenvalue weighted by atomic mass is 9.69. The summed E-state index contributed by atoms with van der Waals surface area (Å²) in [4.78, 5) is 1.54. The first-order valence-corrected chi connectivity index (χ1v) is 7.34. The van der Waals surface area contributed by atoms with Crippen LogP contribution in [0.2, 0.25) is 0 Å². The van der Waals surface area contributed by atoms with Crippen LogP contribution in [0.25, 0.3) is 0 Å². The van der Waals surface area contributed by atoms with Gasteiger partial charge in [0.25, 0.3) is 0 Å². The molecular weight excluding hydrogens is 346 g/mol. The predicted octanol–water partition coefficient (Wildman–Crippen LogP) is 2.43. The summed E-state index contributed by atoms with van der Waals surface area (Å²) >= 11 is 0. The summed E-state index contributed by atoms with van der Waals surface area (Å²) < 4.78 is 35.0. The van der Waals surface area contributed by atoms with Crippen LogP contribution in [0.4, 0.5) is 0 Å². The second kappa shape index (κ2) is 5.55. The largest absolute Gasteiger partial charge is 0.493 e. The standard InChI is InChI=1S/C17H21NO3.BrH/c1-18-8-7-17-6-5-12(19)9-14(17)21-16-13(20-2)4-3-11(10-18)15(16)17;/h3-6,12,14,19H,7-10H2,1-2H3;1H/t12?,14?,17-;/m0./s1/i1D3;. The number of halogens is 1. The Hall–Kier alpha value is -1.04. The van der Waals surface area contributed by atoms with Crippen LogP contribution in [0.3, 0.4) is 0 Å². The molecule has 1 aliphatic carbocycles. The number of methoxy groups -OCH3 is 1. The Morgan fingerprint density at radius 1 is 1.50 bits per heavy atom. The maximum absolute atomic E-state index is 10.0. The van der Waals surface area contributed by atoms with Crippen molar-refractivity contribution in [3.63, 3.8) is 0 Å². The van der Waals surface area contributed by atoms with Crippen molar-refractivity contribution in [3.05, 3.63) is 35.4 Å². The first-order chi connectivity index (χ1) is 11.3. The van der Waals surface area contributed by atoms with E-state index in [1.54, 1.807) is 7.11 Å². The molecule has 0 saturated carbocycles. The highest BCUT2D eigenvalue weighted by atomic mass is 79.9. The van der Waals surface area contributed by atoms with Gasteiger partial charge < -0.3 is 19.5 Å². The van der Waals surface area contributed by atoms with Gasteiger partial charge in [-0.15, -0.1) is 17.0 Å². The molecule has 0 radical (unpaired) electrons. The Morgan fingerprint density at radius 3 is 3.14 bits per heavy atom. The zero-order chi connectivity index (χ0) is 17.1. The molecule has 22 heavy (non-hydrogen) atoms. The number of ether oxygens (including phenoxy) is 2. The maximum Gasteiger partial charge on any atom is 0.166 e. The van der Waals surface area contributed by atoms with E-state index in [0.717, 1.165) is 11.1 Å². The average molecular weight is 371 g/mol. The fourth-order valence-electron chi connectivity index (χ4n) is 3.94. The third-order valence-corrected chi connectivity index (χ3v) is 4.96. The molecule has 2 aliphatic heterocycles. The molecule has 3 atom stereocenters. The SMILES string of the molecule is Br.[2H]C([2H])([2H])N1CC[C@@]23C=CC(O)CC2Oc2c(OC)ccc(c23)C1. The van der Waals surface area contributed by atoms with Gasteiger partial charge in [0.15, 0.2) is 11.5 Å². The highest BCUT2D eigenvalue weighted by Gasteiger charge is 2.52. The summed E-state index contributed by atoms with van der Waals surface area (Å²) in [6, 6.07) is 3.77. The van der Waals surface area contributed by atoms with Crippen LogP contribution in [0.1, 0.15) is 28.1 Å². The predicted molar refractivity (Wildman–Crippen MR) is 90.1 cm³/mol. The fourth-order valence-corrected chi connectivity index (χ4v) is 3.94. The lowest BCUT2D eigenvalue weighted by Crippen LogP contribution is -2.42. The molecule has 1 aromatic rings. The van der Waals surface area contributed by atoms with E-state index < -0.39 is 18.5 Å². The van der Waals surface area contributed by atoms with Gasteiger partial charge in [-0.3, -0.25) is 0 Å². The molecule has 1 spiro atoms. The van der Waals surface area contributed by atoms with Crippen LogP contribution < -0.4 is 9.47 Å². The van der Waals surface area contributed by atoms with Gasteiger partial charge in [0.2, 0.25) is 0 Å².